The Bertz CT molecular complexity index is 756. The monoisotopic (exact) mass is 376 g/mol. The summed E-state index contributed by atoms with van der Waals surface area (Å²) in [6.07, 6.45) is 4.97. The van der Waals surface area contributed by atoms with Crippen LogP contribution in [-0.2, 0) is 9.59 Å². The van der Waals surface area contributed by atoms with E-state index < -0.39 is 41.0 Å². The standard InChI is InChI=1S/C21H28O6/c1-19-6-5-12(23)7-11(19)3-4-13-14-8-16(25)21(27,17(26)10-22)20(14,2)9-15(24)18(13)19/h5-7,13-16,18,22,24-25,27H,3-4,8-10H2,1-2H3/t13-,14-,15-,16+,18-,19+,20-,21-/m0/s1. The van der Waals surface area contributed by atoms with Gasteiger partial charge in [-0.15, -0.1) is 0 Å². The first-order valence-corrected chi connectivity index (χ1v) is 9.76. The van der Waals surface area contributed by atoms with Gasteiger partial charge in [-0.3, -0.25) is 9.59 Å². The lowest BCUT2D eigenvalue weighted by Crippen LogP contribution is -2.63. The molecule has 6 heteroatoms. The summed E-state index contributed by atoms with van der Waals surface area (Å²) in [4.78, 5) is 24.2. The molecule has 8 atom stereocenters. The molecule has 0 amide bonds. The Balaban J connectivity index is 1.78. The highest BCUT2D eigenvalue weighted by molar-refractivity contribution is 6.01. The van der Waals surface area contributed by atoms with Gasteiger partial charge < -0.3 is 20.4 Å². The average Bonchev–Trinajstić information content (AvgIpc) is 2.82. The Hall–Kier alpha value is -1.34. The van der Waals surface area contributed by atoms with Gasteiger partial charge in [0, 0.05) is 16.7 Å². The van der Waals surface area contributed by atoms with E-state index in [4.69, 9.17) is 0 Å². The number of rotatable bonds is 2. The summed E-state index contributed by atoms with van der Waals surface area (Å²) in [5.74, 6) is -1.09. The maximum Gasteiger partial charge on any atom is 0.192 e. The number of carbonyl (C=O) groups is 2. The minimum Gasteiger partial charge on any atom is -0.393 e. The number of aliphatic hydroxyl groups excluding tert-OH is 3. The van der Waals surface area contributed by atoms with Crippen LogP contribution in [0.15, 0.2) is 23.8 Å². The van der Waals surface area contributed by atoms with Gasteiger partial charge in [-0.05, 0) is 49.7 Å². The van der Waals surface area contributed by atoms with Crippen LogP contribution in [0.25, 0.3) is 0 Å². The largest absolute Gasteiger partial charge is 0.393 e. The van der Waals surface area contributed by atoms with E-state index in [1.807, 2.05) is 13.0 Å². The quantitative estimate of drug-likeness (QED) is 0.559. The molecule has 0 heterocycles. The smallest absolute Gasteiger partial charge is 0.192 e. The zero-order valence-electron chi connectivity index (χ0n) is 15.8. The van der Waals surface area contributed by atoms with Crippen LogP contribution in [0.2, 0.25) is 0 Å². The molecule has 0 aromatic carbocycles. The van der Waals surface area contributed by atoms with Gasteiger partial charge in [-0.2, -0.15) is 0 Å². The van der Waals surface area contributed by atoms with Crippen molar-refractivity contribution in [3.63, 3.8) is 0 Å². The van der Waals surface area contributed by atoms with Gasteiger partial charge in [0.15, 0.2) is 17.2 Å². The van der Waals surface area contributed by atoms with Crippen LogP contribution in [0.4, 0.5) is 0 Å². The van der Waals surface area contributed by atoms with Gasteiger partial charge in [0.25, 0.3) is 0 Å². The van der Waals surface area contributed by atoms with E-state index in [0.29, 0.717) is 0 Å². The molecular weight excluding hydrogens is 348 g/mol. The van der Waals surface area contributed by atoms with Gasteiger partial charge in [0.2, 0.25) is 0 Å². The van der Waals surface area contributed by atoms with E-state index in [1.165, 1.54) is 0 Å². The fourth-order valence-electron chi connectivity index (χ4n) is 6.96. The Morgan fingerprint density at radius 1 is 1.30 bits per heavy atom. The minimum absolute atomic E-state index is 0.00826. The Labute approximate surface area is 158 Å². The van der Waals surface area contributed by atoms with Crippen LogP contribution in [-0.4, -0.2) is 56.4 Å². The van der Waals surface area contributed by atoms with Gasteiger partial charge in [-0.25, -0.2) is 0 Å². The van der Waals surface area contributed by atoms with Gasteiger partial charge in [-0.1, -0.05) is 25.5 Å². The third-order valence-corrected chi connectivity index (χ3v) is 8.28. The minimum atomic E-state index is -2.05. The fraction of sp³-hybridized carbons (Fsp3) is 0.714. The second kappa shape index (κ2) is 5.83. The van der Waals surface area contributed by atoms with Crippen molar-refractivity contribution < 1.29 is 30.0 Å². The molecule has 0 aromatic rings. The number of allylic oxidation sites excluding steroid dienone is 4. The van der Waals surface area contributed by atoms with Crippen molar-refractivity contribution in [2.24, 2.45) is 28.6 Å². The molecule has 6 nitrogen and oxygen atoms in total. The zero-order valence-corrected chi connectivity index (χ0v) is 15.8. The van der Waals surface area contributed by atoms with Crippen molar-refractivity contribution in [2.45, 2.75) is 57.3 Å². The molecule has 0 spiro atoms. The average molecular weight is 376 g/mol. The van der Waals surface area contributed by atoms with Crippen molar-refractivity contribution in [1.29, 1.82) is 0 Å². The number of fused-ring (bicyclic) bond motifs is 5. The van der Waals surface area contributed by atoms with Crippen molar-refractivity contribution in [3.05, 3.63) is 23.8 Å². The predicted molar refractivity (Wildman–Crippen MR) is 96.4 cm³/mol. The van der Waals surface area contributed by atoms with E-state index in [9.17, 15) is 30.0 Å². The lowest BCUT2D eigenvalue weighted by Gasteiger charge is -2.59. The van der Waals surface area contributed by atoms with Crippen LogP contribution in [0.5, 0.6) is 0 Å². The molecule has 4 aliphatic carbocycles. The Morgan fingerprint density at radius 2 is 2.00 bits per heavy atom. The molecular formula is C21H28O6. The molecule has 0 saturated heterocycles. The predicted octanol–water partition coefficient (Wildman–Crippen LogP) is 0.528. The normalized spacial score (nSPS) is 51.3. The molecule has 0 bridgehead atoms. The molecule has 0 unspecified atom stereocenters. The molecule has 148 valence electrons. The summed E-state index contributed by atoms with van der Waals surface area (Å²) in [6.45, 7) is 2.96. The van der Waals surface area contributed by atoms with E-state index in [2.05, 4.69) is 0 Å². The molecule has 27 heavy (non-hydrogen) atoms. The summed E-state index contributed by atoms with van der Waals surface area (Å²) in [5, 5.41) is 42.3. The molecule has 0 radical (unpaired) electrons. The third kappa shape index (κ3) is 2.21. The zero-order chi connectivity index (χ0) is 19.8. The summed E-state index contributed by atoms with van der Waals surface area (Å²) in [6, 6.07) is 0. The van der Waals surface area contributed by atoms with Crippen molar-refractivity contribution in [1.82, 2.24) is 0 Å². The van der Waals surface area contributed by atoms with E-state index in [-0.39, 0.29) is 36.4 Å². The highest BCUT2D eigenvalue weighted by Crippen LogP contribution is 2.67. The first-order valence-electron chi connectivity index (χ1n) is 9.76. The van der Waals surface area contributed by atoms with Gasteiger partial charge in [0.1, 0.15) is 6.61 Å². The number of aliphatic hydroxyl groups is 4. The molecule has 3 saturated carbocycles. The van der Waals surface area contributed by atoms with E-state index in [0.717, 1.165) is 18.4 Å². The first-order chi connectivity index (χ1) is 12.6. The fourth-order valence-corrected chi connectivity index (χ4v) is 6.96. The number of hydrogen-bond donors (Lipinski definition) is 4. The second-order valence-electron chi connectivity index (χ2n) is 9.31. The van der Waals surface area contributed by atoms with E-state index in [1.54, 1.807) is 19.1 Å². The summed E-state index contributed by atoms with van der Waals surface area (Å²) < 4.78 is 0. The molecule has 4 aliphatic rings. The maximum absolute atomic E-state index is 12.4. The highest BCUT2D eigenvalue weighted by Gasteiger charge is 2.71. The number of carbonyl (C=O) groups excluding carboxylic acids is 2. The van der Waals surface area contributed by atoms with Gasteiger partial charge in [0.05, 0.1) is 12.2 Å². The second-order valence-corrected chi connectivity index (χ2v) is 9.31. The van der Waals surface area contributed by atoms with Crippen LogP contribution >= 0.6 is 0 Å². The SMILES string of the molecule is C[C@]12C[C@H](O)[C@@H]3[C@@H](CCC4=CC(=O)C=C[C@]43C)[C@@H]1C[C@@H](O)[C@]2(O)C(=O)CO. The van der Waals surface area contributed by atoms with Crippen LogP contribution in [0.1, 0.15) is 39.5 Å². The van der Waals surface area contributed by atoms with E-state index >= 15 is 0 Å². The van der Waals surface area contributed by atoms with Crippen molar-refractivity contribution in [2.75, 3.05) is 6.61 Å². The number of Topliss-reactive ketones (excluding diaryl/α,β-unsaturated/α-hetero) is 1. The van der Waals surface area contributed by atoms with Crippen LogP contribution in [0.3, 0.4) is 0 Å². The summed E-state index contributed by atoms with van der Waals surface area (Å²) >= 11 is 0. The molecule has 4 rings (SSSR count). The lowest BCUT2D eigenvalue weighted by molar-refractivity contribution is -0.190. The summed E-state index contributed by atoms with van der Waals surface area (Å²) in [5.41, 5.74) is -2.46. The molecule has 0 aromatic heterocycles. The first kappa shape index (κ1) is 19.0. The van der Waals surface area contributed by atoms with Crippen molar-refractivity contribution in [3.8, 4) is 0 Å². The third-order valence-electron chi connectivity index (χ3n) is 8.28. The molecule has 4 N–H and O–H groups in total. The topological polar surface area (TPSA) is 115 Å². The number of ketones is 2. The Kier molecular flexibility index (Phi) is 4.10. The number of hydrogen-bond acceptors (Lipinski definition) is 6. The molecule has 3 fully saturated rings. The van der Waals surface area contributed by atoms with Gasteiger partial charge >= 0.3 is 0 Å². The Morgan fingerprint density at radius 3 is 2.67 bits per heavy atom. The van der Waals surface area contributed by atoms with Crippen LogP contribution in [0, 0.1) is 28.6 Å². The molecule has 0 aliphatic heterocycles. The lowest BCUT2D eigenvalue weighted by atomic mass is 9.46. The highest BCUT2D eigenvalue weighted by atomic mass is 16.4. The summed E-state index contributed by atoms with van der Waals surface area (Å²) in [7, 11) is 0. The maximum atomic E-state index is 12.4. The van der Waals surface area contributed by atoms with Crippen LogP contribution < -0.4 is 0 Å². The van der Waals surface area contributed by atoms with Crippen molar-refractivity contribution >= 4 is 11.6 Å².